The summed E-state index contributed by atoms with van der Waals surface area (Å²) in [7, 11) is 0. The van der Waals surface area contributed by atoms with Crippen molar-refractivity contribution in [2.24, 2.45) is 0 Å². The fourth-order valence-corrected chi connectivity index (χ4v) is 1.66. The number of carboxylic acids is 1. The normalized spacial score (nSPS) is 25.7. The molecule has 0 saturated carbocycles. The molecule has 1 fully saturated rings. The smallest absolute Gasteiger partial charge is 0.320 e. The highest BCUT2D eigenvalue weighted by molar-refractivity contribution is 5.73. The maximum Gasteiger partial charge on any atom is 0.320 e. The lowest BCUT2D eigenvalue weighted by Gasteiger charge is -2.19. The summed E-state index contributed by atoms with van der Waals surface area (Å²) in [5.74, 6) is -0.657. The molecule has 1 heterocycles. The number of aliphatic carboxylic acids is 1. The van der Waals surface area contributed by atoms with Crippen LogP contribution >= 0.6 is 0 Å². The van der Waals surface area contributed by atoms with Crippen LogP contribution in [-0.2, 0) is 4.79 Å². The molecule has 11 heavy (non-hydrogen) atoms. The first-order chi connectivity index (χ1) is 5.25. The summed E-state index contributed by atoms with van der Waals surface area (Å²) in [5, 5.41) is 8.77. The van der Waals surface area contributed by atoms with Crippen molar-refractivity contribution in [1.82, 2.24) is 4.90 Å². The minimum atomic E-state index is -0.657. The lowest BCUT2D eigenvalue weighted by molar-refractivity contribution is -0.142. The van der Waals surface area contributed by atoms with Gasteiger partial charge in [-0.1, -0.05) is 6.92 Å². The molecule has 1 rings (SSSR count). The Morgan fingerprint density at radius 2 is 2.45 bits per heavy atom. The van der Waals surface area contributed by atoms with Crippen LogP contribution in [0.4, 0.5) is 0 Å². The molecule has 3 nitrogen and oxygen atoms in total. The van der Waals surface area contributed by atoms with Gasteiger partial charge in [-0.25, -0.2) is 0 Å². The van der Waals surface area contributed by atoms with Crippen LogP contribution in [0.15, 0.2) is 0 Å². The number of likely N-dealkylation sites (tertiary alicyclic amines) is 1. The molecule has 0 aromatic rings. The molecule has 0 aromatic carbocycles. The first-order valence-corrected chi connectivity index (χ1v) is 4.22. The van der Waals surface area contributed by atoms with E-state index in [0.717, 1.165) is 32.4 Å². The van der Waals surface area contributed by atoms with Crippen molar-refractivity contribution in [1.29, 1.82) is 0 Å². The number of carboxylic acid groups (broad SMARTS) is 1. The zero-order valence-electron chi connectivity index (χ0n) is 6.92. The Hall–Kier alpha value is -0.570. The highest BCUT2D eigenvalue weighted by Crippen LogP contribution is 2.16. The maximum absolute atomic E-state index is 10.6. The molecule has 64 valence electrons. The van der Waals surface area contributed by atoms with Crippen molar-refractivity contribution in [3.05, 3.63) is 0 Å². The molecule has 0 unspecified atom stereocenters. The Morgan fingerprint density at radius 3 is 3.00 bits per heavy atom. The lowest BCUT2D eigenvalue weighted by atomic mass is 10.2. The molecule has 3 heteroatoms. The zero-order valence-corrected chi connectivity index (χ0v) is 6.92. The molecule has 0 aromatic heterocycles. The minimum absolute atomic E-state index is 0.199. The van der Waals surface area contributed by atoms with Crippen LogP contribution in [0, 0.1) is 0 Å². The van der Waals surface area contributed by atoms with E-state index in [1.54, 1.807) is 0 Å². The molecular weight excluding hydrogens is 142 g/mol. The van der Waals surface area contributed by atoms with Crippen LogP contribution in [0.1, 0.15) is 26.2 Å². The summed E-state index contributed by atoms with van der Waals surface area (Å²) in [6.07, 6.45) is 2.91. The van der Waals surface area contributed by atoms with E-state index in [1.165, 1.54) is 0 Å². The first-order valence-electron chi connectivity index (χ1n) is 4.22. The number of nitrogens with zero attached hydrogens (tertiary/aromatic N) is 1. The van der Waals surface area contributed by atoms with E-state index in [0.29, 0.717) is 0 Å². The molecule has 0 bridgehead atoms. The second kappa shape index (κ2) is 3.72. The van der Waals surface area contributed by atoms with Gasteiger partial charge in [0, 0.05) is 0 Å². The van der Waals surface area contributed by atoms with Gasteiger partial charge in [-0.05, 0) is 32.4 Å². The standard InChI is InChI=1S/C8H15NO2/c1-2-5-9-6-3-4-7(9)8(10)11/h7H,2-6H2,1H3,(H,10,11)/t7-/m0/s1. The molecule has 1 aliphatic heterocycles. The molecule has 0 amide bonds. The molecule has 1 N–H and O–H groups in total. The van der Waals surface area contributed by atoms with E-state index in [1.807, 2.05) is 0 Å². The minimum Gasteiger partial charge on any atom is -0.480 e. The second-order valence-corrected chi connectivity index (χ2v) is 3.03. The molecule has 0 spiro atoms. The van der Waals surface area contributed by atoms with Crippen molar-refractivity contribution in [2.75, 3.05) is 13.1 Å². The van der Waals surface area contributed by atoms with Gasteiger partial charge in [-0.3, -0.25) is 9.69 Å². The average Bonchev–Trinajstić information content (AvgIpc) is 2.36. The molecule has 1 atom stereocenters. The van der Waals surface area contributed by atoms with E-state index >= 15 is 0 Å². The summed E-state index contributed by atoms with van der Waals surface area (Å²) in [6.45, 7) is 3.97. The highest BCUT2D eigenvalue weighted by Gasteiger charge is 2.29. The molecule has 1 aliphatic rings. The summed E-state index contributed by atoms with van der Waals surface area (Å²) in [6, 6.07) is -0.199. The maximum atomic E-state index is 10.6. The first kappa shape index (κ1) is 8.53. The number of hydrogen-bond donors (Lipinski definition) is 1. The van der Waals surface area contributed by atoms with Crippen molar-refractivity contribution >= 4 is 5.97 Å². The number of carbonyl (C=O) groups is 1. The third-order valence-electron chi connectivity index (χ3n) is 2.16. The van der Waals surface area contributed by atoms with Crippen LogP contribution in [-0.4, -0.2) is 35.1 Å². The zero-order chi connectivity index (χ0) is 8.27. The van der Waals surface area contributed by atoms with Crippen molar-refractivity contribution in [3.63, 3.8) is 0 Å². The second-order valence-electron chi connectivity index (χ2n) is 3.03. The summed E-state index contributed by atoms with van der Waals surface area (Å²) in [5.41, 5.74) is 0. The van der Waals surface area contributed by atoms with Crippen molar-refractivity contribution in [2.45, 2.75) is 32.2 Å². The van der Waals surface area contributed by atoms with Gasteiger partial charge in [-0.2, -0.15) is 0 Å². The van der Waals surface area contributed by atoms with Crippen molar-refractivity contribution in [3.8, 4) is 0 Å². The van der Waals surface area contributed by atoms with Gasteiger partial charge in [0.1, 0.15) is 6.04 Å². The SMILES string of the molecule is CCCN1CCC[C@H]1C(=O)O. The molecule has 0 aliphatic carbocycles. The molecular formula is C8H15NO2. The summed E-state index contributed by atoms with van der Waals surface area (Å²) >= 11 is 0. The predicted molar refractivity (Wildman–Crippen MR) is 42.5 cm³/mol. The highest BCUT2D eigenvalue weighted by atomic mass is 16.4. The van der Waals surface area contributed by atoms with Gasteiger partial charge in [0.15, 0.2) is 0 Å². The number of hydrogen-bond acceptors (Lipinski definition) is 2. The average molecular weight is 157 g/mol. The predicted octanol–water partition coefficient (Wildman–Crippen LogP) is 0.945. The van der Waals surface area contributed by atoms with Gasteiger partial charge >= 0.3 is 5.97 Å². The van der Waals surface area contributed by atoms with Gasteiger partial charge in [0.05, 0.1) is 0 Å². The van der Waals surface area contributed by atoms with E-state index in [2.05, 4.69) is 11.8 Å². The van der Waals surface area contributed by atoms with Crippen LogP contribution in [0.3, 0.4) is 0 Å². The van der Waals surface area contributed by atoms with Gasteiger partial charge in [0.25, 0.3) is 0 Å². The van der Waals surface area contributed by atoms with E-state index in [9.17, 15) is 4.79 Å². The van der Waals surface area contributed by atoms with Crippen LogP contribution < -0.4 is 0 Å². The summed E-state index contributed by atoms with van der Waals surface area (Å²) < 4.78 is 0. The van der Waals surface area contributed by atoms with Gasteiger partial charge in [-0.15, -0.1) is 0 Å². The fourth-order valence-electron chi connectivity index (χ4n) is 1.66. The van der Waals surface area contributed by atoms with Gasteiger partial charge in [0.2, 0.25) is 0 Å². The largest absolute Gasteiger partial charge is 0.480 e. The monoisotopic (exact) mass is 157 g/mol. The molecule has 1 saturated heterocycles. The Labute approximate surface area is 67.0 Å². The topological polar surface area (TPSA) is 40.5 Å². The Morgan fingerprint density at radius 1 is 1.73 bits per heavy atom. The third-order valence-corrected chi connectivity index (χ3v) is 2.16. The van der Waals surface area contributed by atoms with Gasteiger partial charge < -0.3 is 5.11 Å². The Balaban J connectivity index is 2.44. The lowest BCUT2D eigenvalue weighted by Crippen LogP contribution is -2.36. The summed E-state index contributed by atoms with van der Waals surface area (Å²) in [4.78, 5) is 12.7. The van der Waals surface area contributed by atoms with Crippen LogP contribution in [0.25, 0.3) is 0 Å². The fraction of sp³-hybridized carbons (Fsp3) is 0.875. The third kappa shape index (κ3) is 1.93. The van der Waals surface area contributed by atoms with Crippen LogP contribution in [0.2, 0.25) is 0 Å². The Bertz CT molecular complexity index is 147. The van der Waals surface area contributed by atoms with Crippen molar-refractivity contribution < 1.29 is 9.90 Å². The quantitative estimate of drug-likeness (QED) is 0.663. The Kier molecular flexibility index (Phi) is 2.88. The van der Waals surface area contributed by atoms with Crippen LogP contribution in [0.5, 0.6) is 0 Å². The number of rotatable bonds is 3. The van der Waals surface area contributed by atoms with E-state index in [4.69, 9.17) is 5.11 Å². The van der Waals surface area contributed by atoms with E-state index < -0.39 is 5.97 Å². The molecule has 0 radical (unpaired) electrons. The van der Waals surface area contributed by atoms with E-state index in [-0.39, 0.29) is 6.04 Å².